The van der Waals surface area contributed by atoms with Gasteiger partial charge in [-0.3, -0.25) is 4.79 Å². The third-order valence-electron chi connectivity index (χ3n) is 4.62. The van der Waals surface area contributed by atoms with Crippen LogP contribution < -0.4 is 5.73 Å². The molecular formula is C13H23N3O2. The van der Waals surface area contributed by atoms with Gasteiger partial charge < -0.3 is 15.8 Å². The highest BCUT2D eigenvalue weighted by Crippen LogP contribution is 2.48. The SMILES string of the molecule is CC1CC(C)C(C)N(C(=O)C2(C(N)=NO)CC2)C1. The van der Waals surface area contributed by atoms with Gasteiger partial charge in [0.1, 0.15) is 5.41 Å². The zero-order valence-corrected chi connectivity index (χ0v) is 11.4. The maximum Gasteiger partial charge on any atom is 0.236 e. The van der Waals surface area contributed by atoms with Crippen molar-refractivity contribution in [2.45, 2.75) is 46.1 Å². The summed E-state index contributed by atoms with van der Waals surface area (Å²) < 4.78 is 0. The molecule has 2 fully saturated rings. The maximum absolute atomic E-state index is 12.6. The zero-order chi connectivity index (χ0) is 13.5. The second-order valence-corrected chi connectivity index (χ2v) is 6.08. The van der Waals surface area contributed by atoms with E-state index in [1.807, 2.05) is 4.90 Å². The summed E-state index contributed by atoms with van der Waals surface area (Å²) in [7, 11) is 0. The summed E-state index contributed by atoms with van der Waals surface area (Å²) in [5, 5.41) is 11.9. The van der Waals surface area contributed by atoms with E-state index in [4.69, 9.17) is 10.9 Å². The molecule has 0 aromatic rings. The maximum atomic E-state index is 12.6. The number of carbonyl (C=O) groups is 1. The van der Waals surface area contributed by atoms with E-state index in [1.165, 1.54) is 0 Å². The van der Waals surface area contributed by atoms with Crippen LogP contribution >= 0.6 is 0 Å². The number of amides is 1. The van der Waals surface area contributed by atoms with E-state index < -0.39 is 5.41 Å². The normalized spacial score (nSPS) is 35.4. The number of hydrogen-bond donors (Lipinski definition) is 2. The van der Waals surface area contributed by atoms with Crippen LogP contribution in [0.15, 0.2) is 5.16 Å². The van der Waals surface area contributed by atoms with Crippen molar-refractivity contribution in [3.8, 4) is 0 Å². The van der Waals surface area contributed by atoms with Gasteiger partial charge in [-0.15, -0.1) is 0 Å². The zero-order valence-electron chi connectivity index (χ0n) is 11.4. The molecule has 0 aromatic heterocycles. The number of oxime groups is 1. The van der Waals surface area contributed by atoms with E-state index >= 15 is 0 Å². The fourth-order valence-corrected chi connectivity index (χ4v) is 3.06. The Morgan fingerprint density at radius 3 is 2.50 bits per heavy atom. The standard InChI is InChI=1S/C13H23N3O2/c1-8-6-9(2)10(3)16(7-8)12(17)13(4-5-13)11(14)15-18/h8-10,18H,4-7H2,1-3H3,(H2,14,15). The molecule has 2 aliphatic rings. The summed E-state index contributed by atoms with van der Waals surface area (Å²) in [6.07, 6.45) is 2.56. The van der Waals surface area contributed by atoms with Gasteiger partial charge >= 0.3 is 0 Å². The average Bonchev–Trinajstić information content (AvgIpc) is 3.13. The van der Waals surface area contributed by atoms with Crippen molar-refractivity contribution < 1.29 is 10.0 Å². The van der Waals surface area contributed by atoms with E-state index in [9.17, 15) is 4.79 Å². The van der Waals surface area contributed by atoms with Crippen molar-refractivity contribution in [3.63, 3.8) is 0 Å². The predicted octanol–water partition coefficient (Wildman–Crippen LogP) is 1.41. The lowest BCUT2D eigenvalue weighted by Crippen LogP contribution is -2.53. The number of carbonyl (C=O) groups excluding carboxylic acids is 1. The highest BCUT2D eigenvalue weighted by molar-refractivity contribution is 6.09. The Hall–Kier alpha value is -1.26. The Kier molecular flexibility index (Phi) is 3.25. The van der Waals surface area contributed by atoms with Crippen molar-refractivity contribution in [1.29, 1.82) is 0 Å². The lowest BCUT2D eigenvalue weighted by atomic mass is 9.85. The molecule has 5 heteroatoms. The first-order valence-corrected chi connectivity index (χ1v) is 6.71. The lowest BCUT2D eigenvalue weighted by molar-refractivity contribution is -0.140. The van der Waals surface area contributed by atoms with Gasteiger partial charge in [0.25, 0.3) is 0 Å². The fourth-order valence-electron chi connectivity index (χ4n) is 3.06. The molecule has 5 nitrogen and oxygen atoms in total. The van der Waals surface area contributed by atoms with E-state index in [1.54, 1.807) is 0 Å². The second kappa shape index (κ2) is 4.44. The van der Waals surface area contributed by atoms with Crippen LogP contribution in [0.3, 0.4) is 0 Å². The Morgan fingerprint density at radius 1 is 1.39 bits per heavy atom. The van der Waals surface area contributed by atoms with Gasteiger partial charge in [0.05, 0.1) is 0 Å². The molecule has 1 aliphatic heterocycles. The fraction of sp³-hybridized carbons (Fsp3) is 0.846. The van der Waals surface area contributed by atoms with Crippen LogP contribution in [0.25, 0.3) is 0 Å². The topological polar surface area (TPSA) is 78.9 Å². The summed E-state index contributed by atoms with van der Waals surface area (Å²) >= 11 is 0. The van der Waals surface area contributed by atoms with Crippen molar-refractivity contribution >= 4 is 11.7 Å². The van der Waals surface area contributed by atoms with Crippen LogP contribution in [0.2, 0.25) is 0 Å². The summed E-state index contributed by atoms with van der Waals surface area (Å²) in [5.41, 5.74) is 4.98. The van der Waals surface area contributed by atoms with Gasteiger partial charge in [0.15, 0.2) is 5.84 Å². The molecule has 1 heterocycles. The van der Waals surface area contributed by atoms with E-state index in [-0.39, 0.29) is 17.8 Å². The monoisotopic (exact) mass is 253 g/mol. The van der Waals surface area contributed by atoms with Gasteiger partial charge in [-0.2, -0.15) is 0 Å². The Balaban J connectivity index is 2.18. The number of hydrogen-bond acceptors (Lipinski definition) is 3. The number of amidine groups is 1. The van der Waals surface area contributed by atoms with Crippen LogP contribution in [-0.4, -0.2) is 34.4 Å². The minimum Gasteiger partial charge on any atom is -0.409 e. The predicted molar refractivity (Wildman–Crippen MR) is 69.2 cm³/mol. The van der Waals surface area contributed by atoms with Crippen LogP contribution in [-0.2, 0) is 4.79 Å². The molecule has 3 atom stereocenters. The molecule has 3 unspecified atom stereocenters. The van der Waals surface area contributed by atoms with Gasteiger partial charge in [-0.25, -0.2) is 0 Å². The Labute approximate surface area is 108 Å². The molecule has 102 valence electrons. The second-order valence-electron chi connectivity index (χ2n) is 6.08. The molecule has 18 heavy (non-hydrogen) atoms. The van der Waals surface area contributed by atoms with Crippen LogP contribution in [0.5, 0.6) is 0 Å². The molecule has 3 N–H and O–H groups in total. The lowest BCUT2D eigenvalue weighted by Gasteiger charge is -2.42. The molecule has 1 saturated heterocycles. The third-order valence-corrected chi connectivity index (χ3v) is 4.62. The minimum atomic E-state index is -0.709. The van der Waals surface area contributed by atoms with Crippen LogP contribution in [0, 0.1) is 17.3 Å². The first kappa shape index (κ1) is 13.2. The van der Waals surface area contributed by atoms with Gasteiger partial charge in [0.2, 0.25) is 5.91 Å². The van der Waals surface area contributed by atoms with Crippen LogP contribution in [0.4, 0.5) is 0 Å². The van der Waals surface area contributed by atoms with Crippen molar-refractivity contribution in [1.82, 2.24) is 4.90 Å². The molecule has 0 bridgehead atoms. The molecule has 1 saturated carbocycles. The first-order chi connectivity index (χ1) is 8.42. The van der Waals surface area contributed by atoms with Gasteiger partial charge in [-0.1, -0.05) is 19.0 Å². The number of rotatable bonds is 2. The largest absolute Gasteiger partial charge is 0.409 e. The molecule has 1 aliphatic carbocycles. The average molecular weight is 253 g/mol. The van der Waals surface area contributed by atoms with Gasteiger partial charge in [-0.05, 0) is 38.0 Å². The summed E-state index contributed by atoms with van der Waals surface area (Å²) in [5.74, 6) is 1.14. The quantitative estimate of drug-likeness (QED) is 0.338. The van der Waals surface area contributed by atoms with Crippen molar-refractivity contribution in [2.24, 2.45) is 28.1 Å². The summed E-state index contributed by atoms with van der Waals surface area (Å²) in [6, 6.07) is 0.234. The third kappa shape index (κ3) is 1.95. The van der Waals surface area contributed by atoms with Crippen molar-refractivity contribution in [3.05, 3.63) is 0 Å². The Morgan fingerprint density at radius 2 is 2.00 bits per heavy atom. The number of nitrogens with zero attached hydrogens (tertiary/aromatic N) is 2. The minimum absolute atomic E-state index is 0.0451. The summed E-state index contributed by atoms with van der Waals surface area (Å²) in [6.45, 7) is 7.23. The van der Waals surface area contributed by atoms with Crippen LogP contribution in [0.1, 0.15) is 40.0 Å². The smallest absolute Gasteiger partial charge is 0.236 e. The molecule has 1 amide bonds. The number of likely N-dealkylation sites (tertiary alicyclic amines) is 1. The highest BCUT2D eigenvalue weighted by atomic mass is 16.4. The molecular weight excluding hydrogens is 230 g/mol. The van der Waals surface area contributed by atoms with E-state index in [0.717, 1.165) is 13.0 Å². The Bertz CT molecular complexity index is 376. The molecule has 2 rings (SSSR count). The molecule has 0 radical (unpaired) electrons. The number of nitrogens with two attached hydrogens (primary N) is 1. The highest BCUT2D eigenvalue weighted by Gasteiger charge is 2.57. The van der Waals surface area contributed by atoms with Gasteiger partial charge in [0, 0.05) is 12.6 Å². The molecule has 0 aromatic carbocycles. The van der Waals surface area contributed by atoms with Crippen molar-refractivity contribution in [2.75, 3.05) is 6.54 Å². The first-order valence-electron chi connectivity index (χ1n) is 6.71. The summed E-state index contributed by atoms with van der Waals surface area (Å²) in [4.78, 5) is 14.6. The molecule has 0 spiro atoms. The van der Waals surface area contributed by atoms with E-state index in [2.05, 4.69) is 25.9 Å². The number of piperidine rings is 1. The van der Waals surface area contributed by atoms with E-state index in [0.29, 0.717) is 24.7 Å².